The number of hydrogen-bond donors (Lipinski definition) is 2. The molecule has 0 unspecified atom stereocenters. The first kappa shape index (κ1) is 35.1. The number of aromatic nitrogens is 8. The monoisotopic (exact) mass is 744 g/mol. The van der Waals surface area contributed by atoms with E-state index in [2.05, 4.69) is 57.7 Å². The highest BCUT2D eigenvalue weighted by molar-refractivity contribution is 6.10. The number of esters is 1. The Balaban J connectivity index is 0.000000422. The van der Waals surface area contributed by atoms with Crippen molar-refractivity contribution >= 4 is 62.3 Å². The molecule has 8 aromatic rings. The second-order valence-electron chi connectivity index (χ2n) is 13.5. The van der Waals surface area contributed by atoms with E-state index in [0.29, 0.717) is 52.5 Å². The smallest absolute Gasteiger partial charge is 0.330 e. The van der Waals surface area contributed by atoms with Gasteiger partial charge >= 0.3 is 5.97 Å². The minimum absolute atomic E-state index is 0.330. The van der Waals surface area contributed by atoms with E-state index in [1.807, 2.05) is 104 Å². The number of ether oxygens (including phenoxy) is 1. The number of rotatable bonds is 6. The lowest BCUT2D eigenvalue weighted by atomic mass is 10.1. The van der Waals surface area contributed by atoms with Crippen LogP contribution < -0.4 is 0 Å². The van der Waals surface area contributed by atoms with Crippen LogP contribution in [0.1, 0.15) is 30.9 Å². The SMILES string of the molecule is C(=Cc1cccc2c3nc4nc(nc5[nH]c(nc6nc(nc([nH]3)c12)-c1ccccc1-6)c1ccccc51)-c1ccccc1-4)c1ccccc1.C=CC(=O)OCCCC. The molecule has 5 heterocycles. The van der Waals surface area contributed by atoms with Crippen LogP contribution in [0.4, 0.5) is 0 Å². The fraction of sp³-hybridized carbons (Fsp3) is 0.0851. The molecule has 2 aliphatic heterocycles. The van der Waals surface area contributed by atoms with E-state index in [1.54, 1.807) is 0 Å². The lowest BCUT2D eigenvalue weighted by molar-refractivity contribution is -0.137. The van der Waals surface area contributed by atoms with Crippen LogP contribution in [-0.2, 0) is 9.53 Å². The number of hydrogen-bond acceptors (Lipinski definition) is 8. The van der Waals surface area contributed by atoms with Gasteiger partial charge in [0.25, 0.3) is 0 Å². The normalized spacial score (nSPS) is 11.5. The number of fused-ring (bicyclic) bond motifs is 20. The molecule has 0 radical (unpaired) electrons. The summed E-state index contributed by atoms with van der Waals surface area (Å²) in [5.74, 6) is 1.99. The van der Waals surface area contributed by atoms with Crippen molar-refractivity contribution in [2.45, 2.75) is 19.8 Å². The third-order valence-corrected chi connectivity index (χ3v) is 9.78. The number of nitrogens with one attached hydrogen (secondary N) is 2. The van der Waals surface area contributed by atoms with E-state index >= 15 is 0 Å². The average Bonchev–Trinajstić information content (AvgIpc) is 3.99. The predicted octanol–water partition coefficient (Wildman–Crippen LogP) is 10.6. The molecule has 8 bridgehead atoms. The average molecular weight is 745 g/mol. The molecule has 0 fully saturated rings. The zero-order valence-electron chi connectivity index (χ0n) is 31.1. The Morgan fingerprint density at radius 2 is 1.04 bits per heavy atom. The van der Waals surface area contributed by atoms with Crippen LogP contribution in [0.15, 0.2) is 134 Å². The molecule has 2 N–H and O–H groups in total. The summed E-state index contributed by atoms with van der Waals surface area (Å²) in [7, 11) is 0. The van der Waals surface area contributed by atoms with Crippen LogP contribution in [0, 0.1) is 0 Å². The minimum Gasteiger partial charge on any atom is -0.463 e. The summed E-state index contributed by atoms with van der Waals surface area (Å²) in [6.45, 7) is 5.82. The molecule has 0 saturated heterocycles. The molecule has 0 amide bonds. The van der Waals surface area contributed by atoms with Crippen LogP contribution >= 0.6 is 0 Å². The van der Waals surface area contributed by atoms with E-state index < -0.39 is 0 Å². The predicted molar refractivity (Wildman–Crippen MR) is 227 cm³/mol. The van der Waals surface area contributed by atoms with E-state index in [4.69, 9.17) is 29.9 Å². The van der Waals surface area contributed by atoms with Gasteiger partial charge in [0.1, 0.15) is 22.6 Å². The maximum absolute atomic E-state index is 10.3. The first-order valence-electron chi connectivity index (χ1n) is 18.8. The van der Waals surface area contributed by atoms with Crippen LogP contribution in [0.3, 0.4) is 0 Å². The lowest BCUT2D eigenvalue weighted by Gasteiger charge is -1.99. The molecule has 0 atom stereocenters. The lowest BCUT2D eigenvalue weighted by Crippen LogP contribution is -2.00. The summed E-state index contributed by atoms with van der Waals surface area (Å²) < 4.78 is 4.67. The van der Waals surface area contributed by atoms with E-state index in [1.165, 1.54) is 6.08 Å². The van der Waals surface area contributed by atoms with Crippen LogP contribution in [0.2, 0.25) is 0 Å². The number of benzene rings is 5. The van der Waals surface area contributed by atoms with Crippen molar-refractivity contribution in [3.8, 4) is 45.6 Å². The zero-order valence-corrected chi connectivity index (χ0v) is 31.1. The molecule has 5 aromatic carbocycles. The van der Waals surface area contributed by atoms with Gasteiger partial charge in [-0.3, -0.25) is 0 Å². The van der Waals surface area contributed by atoms with Crippen molar-refractivity contribution in [1.82, 2.24) is 39.9 Å². The van der Waals surface area contributed by atoms with Gasteiger partial charge in [-0.2, -0.15) is 0 Å². The maximum Gasteiger partial charge on any atom is 0.330 e. The highest BCUT2D eigenvalue weighted by Crippen LogP contribution is 2.37. The van der Waals surface area contributed by atoms with Crippen molar-refractivity contribution in [2.75, 3.05) is 6.61 Å². The van der Waals surface area contributed by atoms with Crippen molar-refractivity contribution in [3.63, 3.8) is 0 Å². The number of carbonyl (C=O) groups excluding carboxylic acids is 1. The van der Waals surface area contributed by atoms with E-state index in [-0.39, 0.29) is 5.97 Å². The molecule has 276 valence electrons. The summed E-state index contributed by atoms with van der Waals surface area (Å²) in [4.78, 5) is 47.9. The van der Waals surface area contributed by atoms with E-state index in [0.717, 1.165) is 67.8 Å². The molecule has 10 nitrogen and oxygen atoms in total. The molecule has 2 aliphatic rings. The summed E-state index contributed by atoms with van der Waals surface area (Å²) >= 11 is 0. The standard InChI is InChI=1S/C40H24N8.C7H12O2/c1-2-11-23(12-3-1)21-22-24-13-10-20-31-32(24)40-47-38-30-19-9-8-18-29(30)36(45-38)43-34-26-15-5-4-14-25(26)33(41-34)42-35-27-16-6-7-17-28(27)37(44-35)46-39(31)48-40;1-3-5-6-9-7(8)4-2/h1-22H,(H2,41,42,43,44,45,46,47,48);4H,2-3,5-6H2,1H3. The van der Waals surface area contributed by atoms with Gasteiger partial charge in [-0.1, -0.05) is 153 Å². The Bertz CT molecular complexity index is 3030. The van der Waals surface area contributed by atoms with Gasteiger partial charge in [0.15, 0.2) is 23.3 Å². The van der Waals surface area contributed by atoms with Crippen molar-refractivity contribution in [1.29, 1.82) is 0 Å². The Kier molecular flexibility index (Phi) is 9.41. The summed E-state index contributed by atoms with van der Waals surface area (Å²) in [6.07, 6.45) is 7.38. The molecule has 0 spiro atoms. The highest BCUT2D eigenvalue weighted by atomic mass is 16.5. The minimum atomic E-state index is -0.330. The van der Waals surface area contributed by atoms with Gasteiger partial charge in [0.2, 0.25) is 0 Å². The van der Waals surface area contributed by atoms with Gasteiger partial charge in [-0.05, 0) is 17.5 Å². The van der Waals surface area contributed by atoms with Crippen LogP contribution in [-0.4, -0.2) is 52.4 Å². The van der Waals surface area contributed by atoms with Gasteiger partial charge in [-0.25, -0.2) is 34.7 Å². The molecule has 10 heteroatoms. The number of carbonyl (C=O) groups is 1. The van der Waals surface area contributed by atoms with Crippen LogP contribution in [0.25, 0.3) is 102 Å². The number of nitrogens with zero attached hydrogens (tertiary/aromatic N) is 6. The van der Waals surface area contributed by atoms with E-state index in [9.17, 15) is 4.79 Å². The second kappa shape index (κ2) is 15.3. The Hall–Kier alpha value is -7.59. The summed E-state index contributed by atoms with van der Waals surface area (Å²) in [5, 5.41) is 3.77. The molecule has 3 aromatic heterocycles. The van der Waals surface area contributed by atoms with Gasteiger partial charge in [-0.15, -0.1) is 0 Å². The van der Waals surface area contributed by atoms with Gasteiger partial charge < -0.3 is 14.7 Å². The Morgan fingerprint density at radius 1 is 0.561 bits per heavy atom. The largest absolute Gasteiger partial charge is 0.463 e. The number of H-pyrrole nitrogens is 2. The van der Waals surface area contributed by atoms with Gasteiger partial charge in [0, 0.05) is 49.9 Å². The Morgan fingerprint density at radius 3 is 1.58 bits per heavy atom. The number of unbranched alkanes of at least 4 members (excludes halogenated alkanes) is 1. The van der Waals surface area contributed by atoms with Gasteiger partial charge in [0.05, 0.1) is 6.61 Å². The molecule has 10 rings (SSSR count). The highest BCUT2D eigenvalue weighted by Gasteiger charge is 2.22. The quantitative estimate of drug-likeness (QED) is 0.0743. The molecular weight excluding hydrogens is 709 g/mol. The molecule has 57 heavy (non-hydrogen) atoms. The first-order chi connectivity index (χ1) is 28.1. The molecular formula is C47H36N8O2. The molecule has 0 saturated carbocycles. The maximum atomic E-state index is 10.3. The third-order valence-electron chi connectivity index (χ3n) is 9.78. The Labute approximate surface area is 327 Å². The topological polar surface area (TPSA) is 135 Å². The number of aromatic amines is 2. The van der Waals surface area contributed by atoms with Crippen molar-refractivity contribution in [3.05, 3.63) is 145 Å². The zero-order chi connectivity index (χ0) is 38.7. The fourth-order valence-electron chi connectivity index (χ4n) is 6.98. The van der Waals surface area contributed by atoms with Crippen LogP contribution in [0.5, 0.6) is 0 Å². The summed E-state index contributed by atoms with van der Waals surface area (Å²) in [5.41, 5.74) is 8.44. The first-order valence-corrected chi connectivity index (χ1v) is 18.8. The fourth-order valence-corrected chi connectivity index (χ4v) is 6.98. The molecule has 0 aliphatic carbocycles. The van der Waals surface area contributed by atoms with Crippen molar-refractivity contribution < 1.29 is 9.53 Å². The van der Waals surface area contributed by atoms with Crippen molar-refractivity contribution in [2.24, 2.45) is 0 Å². The third kappa shape index (κ3) is 6.85. The second-order valence-corrected chi connectivity index (χ2v) is 13.5. The summed E-state index contributed by atoms with van der Waals surface area (Å²) in [6, 6.07) is 40.7.